The number of thioether (sulfide) groups is 1. The van der Waals surface area contributed by atoms with E-state index in [2.05, 4.69) is 4.99 Å². The molecular weight excluding hydrogens is 322 g/mol. The molecule has 1 amide bonds. The van der Waals surface area contributed by atoms with E-state index in [-0.39, 0.29) is 17.0 Å². The van der Waals surface area contributed by atoms with Crippen molar-refractivity contribution in [3.8, 4) is 5.75 Å². The summed E-state index contributed by atoms with van der Waals surface area (Å²) < 4.78 is 0. The van der Waals surface area contributed by atoms with Gasteiger partial charge in [-0.2, -0.15) is 10.1 Å². The minimum Gasteiger partial charge on any atom is -0.508 e. The minimum absolute atomic E-state index is 0.161. The summed E-state index contributed by atoms with van der Waals surface area (Å²) in [5.74, 6) is 1.38. The van der Waals surface area contributed by atoms with Crippen LogP contribution in [0.5, 0.6) is 5.75 Å². The Morgan fingerprint density at radius 2 is 1.83 bits per heavy atom. The van der Waals surface area contributed by atoms with Gasteiger partial charge >= 0.3 is 5.24 Å². The van der Waals surface area contributed by atoms with Crippen LogP contribution >= 0.6 is 11.8 Å². The van der Waals surface area contributed by atoms with Crippen molar-refractivity contribution >= 4 is 28.5 Å². The number of amidine groups is 1. The lowest BCUT2D eigenvalue weighted by atomic mass is 9.98. The maximum atomic E-state index is 11.5. The van der Waals surface area contributed by atoms with Gasteiger partial charge in [-0.05, 0) is 11.6 Å². The summed E-state index contributed by atoms with van der Waals surface area (Å²) in [6.07, 6.45) is 0.652. The average Bonchev–Trinajstić information content (AvgIpc) is 3.22. The third-order valence-electron chi connectivity index (χ3n) is 4.12. The molecule has 2 aromatic rings. The van der Waals surface area contributed by atoms with Crippen molar-refractivity contribution < 1.29 is 9.90 Å². The molecule has 2 aliphatic heterocycles. The number of aliphatic imine (C=N–C) groups is 1. The highest BCUT2D eigenvalue weighted by atomic mass is 32.2. The minimum atomic E-state index is -0.190. The first-order chi connectivity index (χ1) is 11.7. The van der Waals surface area contributed by atoms with E-state index in [1.54, 1.807) is 17.1 Å². The van der Waals surface area contributed by atoms with Gasteiger partial charge < -0.3 is 5.11 Å². The largest absolute Gasteiger partial charge is 0.508 e. The molecule has 1 atom stereocenters. The van der Waals surface area contributed by atoms with Gasteiger partial charge in [0.1, 0.15) is 11.6 Å². The molecule has 5 nitrogen and oxygen atoms in total. The van der Waals surface area contributed by atoms with Gasteiger partial charge in [-0.15, -0.1) is 0 Å². The third-order valence-corrected chi connectivity index (χ3v) is 4.86. The van der Waals surface area contributed by atoms with Crippen LogP contribution in [0.15, 0.2) is 64.7 Å². The quantitative estimate of drug-likeness (QED) is 0.905. The number of hydrogen-bond donors (Lipinski definition) is 1. The normalized spacial score (nSPS) is 20.2. The smallest absolute Gasteiger partial charge is 0.307 e. The molecule has 0 fully saturated rings. The summed E-state index contributed by atoms with van der Waals surface area (Å²) in [5, 5.41) is 16.6. The molecule has 0 radical (unpaired) electrons. The van der Waals surface area contributed by atoms with Gasteiger partial charge in [-0.1, -0.05) is 60.3 Å². The van der Waals surface area contributed by atoms with Crippen LogP contribution in [0.3, 0.4) is 0 Å². The van der Waals surface area contributed by atoms with Crippen LogP contribution in [-0.4, -0.2) is 32.7 Å². The van der Waals surface area contributed by atoms with Gasteiger partial charge in [0.25, 0.3) is 0 Å². The number of hydrazone groups is 1. The van der Waals surface area contributed by atoms with E-state index in [9.17, 15) is 9.90 Å². The Balaban J connectivity index is 1.75. The lowest BCUT2D eigenvalue weighted by Crippen LogP contribution is -2.27. The Morgan fingerprint density at radius 1 is 1.08 bits per heavy atom. The lowest BCUT2D eigenvalue weighted by Gasteiger charge is -2.23. The van der Waals surface area contributed by atoms with E-state index in [0.717, 1.165) is 16.8 Å². The van der Waals surface area contributed by atoms with Gasteiger partial charge in [-0.3, -0.25) is 4.79 Å². The second-order valence-electron chi connectivity index (χ2n) is 5.62. The van der Waals surface area contributed by atoms with Crippen molar-refractivity contribution in [3.63, 3.8) is 0 Å². The first-order valence-corrected chi connectivity index (χ1v) is 8.65. The van der Waals surface area contributed by atoms with E-state index in [1.807, 2.05) is 42.5 Å². The second kappa shape index (κ2) is 6.13. The zero-order valence-corrected chi connectivity index (χ0v) is 13.6. The number of hydrogen-bond acceptors (Lipinski definition) is 5. The maximum Gasteiger partial charge on any atom is 0.307 e. The molecule has 120 valence electrons. The van der Waals surface area contributed by atoms with Crippen LogP contribution < -0.4 is 0 Å². The molecular formula is C18H15N3O2S. The Kier molecular flexibility index (Phi) is 3.82. The third kappa shape index (κ3) is 2.69. The second-order valence-corrected chi connectivity index (χ2v) is 6.55. The predicted molar refractivity (Wildman–Crippen MR) is 95.6 cm³/mol. The number of benzene rings is 2. The molecule has 0 spiro atoms. The molecule has 0 bridgehead atoms. The van der Waals surface area contributed by atoms with E-state index in [4.69, 9.17) is 5.10 Å². The number of carbonyl (C=O) groups excluding carboxylic acids is 1. The average molecular weight is 337 g/mol. The summed E-state index contributed by atoms with van der Waals surface area (Å²) in [6, 6.07) is 17.0. The highest BCUT2D eigenvalue weighted by Gasteiger charge is 2.35. The van der Waals surface area contributed by atoms with Crippen molar-refractivity contribution in [2.45, 2.75) is 12.5 Å². The van der Waals surface area contributed by atoms with Crippen LogP contribution in [0.25, 0.3) is 0 Å². The van der Waals surface area contributed by atoms with Crippen LogP contribution in [0.4, 0.5) is 4.79 Å². The van der Waals surface area contributed by atoms with E-state index in [0.29, 0.717) is 18.0 Å². The number of phenols is 1. The molecule has 0 aromatic heterocycles. The van der Waals surface area contributed by atoms with Crippen LogP contribution in [0, 0.1) is 0 Å². The Morgan fingerprint density at radius 3 is 2.54 bits per heavy atom. The molecule has 0 aliphatic carbocycles. The van der Waals surface area contributed by atoms with E-state index < -0.39 is 0 Å². The van der Waals surface area contributed by atoms with Crippen LogP contribution in [-0.2, 0) is 0 Å². The van der Waals surface area contributed by atoms with E-state index in [1.165, 1.54) is 11.8 Å². The predicted octanol–water partition coefficient (Wildman–Crippen LogP) is 3.81. The Hall–Kier alpha value is -2.60. The molecule has 1 N–H and O–H groups in total. The highest BCUT2D eigenvalue weighted by Crippen LogP contribution is 2.38. The monoisotopic (exact) mass is 337 g/mol. The fourth-order valence-electron chi connectivity index (χ4n) is 2.98. The number of nitrogens with zero attached hydrogens (tertiary/aromatic N) is 3. The molecule has 0 unspecified atom stereocenters. The zero-order chi connectivity index (χ0) is 16.5. The number of amides is 1. The molecule has 4 rings (SSSR count). The highest BCUT2D eigenvalue weighted by molar-refractivity contribution is 8.14. The molecule has 2 aromatic carbocycles. The maximum absolute atomic E-state index is 11.5. The van der Waals surface area contributed by atoms with Crippen LogP contribution in [0.1, 0.15) is 23.6 Å². The van der Waals surface area contributed by atoms with Crippen molar-refractivity contribution in [2.24, 2.45) is 10.1 Å². The molecule has 0 saturated carbocycles. The summed E-state index contributed by atoms with van der Waals surface area (Å²) in [7, 11) is 0. The fourth-order valence-corrected chi connectivity index (χ4v) is 3.60. The number of aromatic hydroxyl groups is 1. The van der Waals surface area contributed by atoms with Gasteiger partial charge in [0.05, 0.1) is 17.5 Å². The molecule has 2 aliphatic rings. The Labute approximate surface area is 143 Å². The number of rotatable bonds is 2. The fraction of sp³-hybridized carbons (Fsp3) is 0.167. The van der Waals surface area contributed by atoms with Crippen molar-refractivity contribution in [1.82, 2.24) is 5.01 Å². The SMILES string of the molecule is O=C1N=C(N2N=C(c3ccccc3)C[C@@H]2c2ccccc2O)CS1. The van der Waals surface area contributed by atoms with Gasteiger partial charge in [0, 0.05) is 12.0 Å². The number of carbonyl (C=O) groups is 1. The summed E-state index contributed by atoms with van der Waals surface area (Å²) in [5.41, 5.74) is 2.76. The Bertz CT molecular complexity index is 848. The van der Waals surface area contributed by atoms with Crippen LogP contribution in [0.2, 0.25) is 0 Å². The summed E-state index contributed by atoms with van der Waals surface area (Å²) in [6.45, 7) is 0. The van der Waals surface area contributed by atoms with Crippen molar-refractivity contribution in [2.75, 3.05) is 5.75 Å². The zero-order valence-electron chi connectivity index (χ0n) is 12.8. The number of phenolic OH excluding ortho intramolecular Hbond substituents is 1. The van der Waals surface area contributed by atoms with Gasteiger partial charge in [0.15, 0.2) is 0 Å². The number of para-hydroxylation sites is 1. The van der Waals surface area contributed by atoms with Crippen molar-refractivity contribution in [1.29, 1.82) is 0 Å². The summed E-state index contributed by atoms with van der Waals surface area (Å²) in [4.78, 5) is 15.6. The standard InChI is InChI=1S/C18H15N3O2S/c22-16-9-5-4-8-13(16)15-10-14(12-6-2-1-3-7-12)20-21(15)17-11-24-18(23)19-17/h1-9,15,22H,10-11H2/t15-/m1/s1. The summed E-state index contributed by atoms with van der Waals surface area (Å²) >= 11 is 1.17. The van der Waals surface area contributed by atoms with Gasteiger partial charge in [-0.25, -0.2) is 5.01 Å². The first-order valence-electron chi connectivity index (χ1n) is 7.67. The van der Waals surface area contributed by atoms with Crippen molar-refractivity contribution in [3.05, 3.63) is 65.7 Å². The lowest BCUT2D eigenvalue weighted by molar-refractivity contribution is 0.267. The van der Waals surface area contributed by atoms with Gasteiger partial charge in [0.2, 0.25) is 0 Å². The molecule has 0 saturated heterocycles. The molecule has 2 heterocycles. The van der Waals surface area contributed by atoms with E-state index >= 15 is 0 Å². The first kappa shape index (κ1) is 15.0. The molecule has 6 heteroatoms. The molecule has 24 heavy (non-hydrogen) atoms. The topological polar surface area (TPSA) is 65.3 Å².